The lowest BCUT2D eigenvalue weighted by Gasteiger charge is -2.03. The van der Waals surface area contributed by atoms with E-state index in [2.05, 4.69) is 15.0 Å². The van der Waals surface area contributed by atoms with Crippen LogP contribution >= 0.6 is 11.3 Å². The van der Waals surface area contributed by atoms with Crippen LogP contribution in [0.5, 0.6) is 0 Å². The first-order chi connectivity index (χ1) is 9.09. The Morgan fingerprint density at radius 1 is 1.25 bits per heavy atom. The third-order valence-corrected chi connectivity index (χ3v) is 4.22. The molecule has 2 heterocycles. The summed E-state index contributed by atoms with van der Waals surface area (Å²) < 4.78 is 60.4. The lowest BCUT2D eigenvalue weighted by atomic mass is 10.4. The van der Waals surface area contributed by atoms with Crippen molar-refractivity contribution in [2.24, 2.45) is 0 Å². The maximum atomic E-state index is 12.5. The number of thiazole rings is 1. The molecule has 0 amide bonds. The van der Waals surface area contributed by atoms with Crippen molar-refractivity contribution in [1.82, 2.24) is 15.0 Å². The first kappa shape index (κ1) is 14.9. The SMILES string of the molecule is Cc1cnc(-c2nc(C(F)(F)F)cs2)nc1S(C)(=O)=O. The van der Waals surface area contributed by atoms with Gasteiger partial charge in [-0.15, -0.1) is 11.3 Å². The van der Waals surface area contributed by atoms with E-state index in [0.29, 0.717) is 16.9 Å². The predicted octanol–water partition coefficient (Wildman–Crippen LogP) is 2.33. The van der Waals surface area contributed by atoms with Gasteiger partial charge < -0.3 is 0 Å². The number of nitrogens with zero attached hydrogens (tertiary/aromatic N) is 3. The monoisotopic (exact) mass is 323 g/mol. The number of rotatable bonds is 2. The Bertz CT molecular complexity index is 753. The van der Waals surface area contributed by atoms with E-state index in [1.807, 2.05) is 0 Å². The van der Waals surface area contributed by atoms with Crippen LogP contribution in [-0.2, 0) is 16.0 Å². The molecule has 20 heavy (non-hydrogen) atoms. The van der Waals surface area contributed by atoms with E-state index < -0.39 is 21.7 Å². The van der Waals surface area contributed by atoms with Crippen LogP contribution in [0.15, 0.2) is 16.6 Å². The molecule has 2 rings (SSSR count). The zero-order valence-electron chi connectivity index (χ0n) is 10.3. The van der Waals surface area contributed by atoms with Gasteiger partial charge in [-0.1, -0.05) is 0 Å². The Hall–Kier alpha value is -1.55. The largest absolute Gasteiger partial charge is 0.434 e. The summed E-state index contributed by atoms with van der Waals surface area (Å²) in [5.41, 5.74) is -0.730. The second-order valence-corrected chi connectivity index (χ2v) is 6.78. The number of alkyl halides is 3. The summed E-state index contributed by atoms with van der Waals surface area (Å²) in [6.07, 6.45) is -2.35. The van der Waals surface area contributed by atoms with E-state index in [9.17, 15) is 21.6 Å². The summed E-state index contributed by atoms with van der Waals surface area (Å²) in [7, 11) is -3.58. The summed E-state index contributed by atoms with van der Waals surface area (Å²) in [5.74, 6) is -0.142. The Labute approximate surface area is 116 Å². The van der Waals surface area contributed by atoms with Crippen molar-refractivity contribution in [3.63, 3.8) is 0 Å². The Balaban J connectivity index is 2.52. The molecule has 10 heteroatoms. The summed E-state index contributed by atoms with van der Waals surface area (Å²) >= 11 is 0.704. The molecule has 5 nitrogen and oxygen atoms in total. The van der Waals surface area contributed by atoms with E-state index >= 15 is 0 Å². The van der Waals surface area contributed by atoms with Gasteiger partial charge in [-0.2, -0.15) is 13.2 Å². The number of hydrogen-bond donors (Lipinski definition) is 0. The second-order valence-electron chi connectivity index (χ2n) is 3.99. The Kier molecular flexibility index (Phi) is 3.54. The van der Waals surface area contributed by atoms with E-state index in [-0.39, 0.29) is 15.9 Å². The highest BCUT2D eigenvalue weighted by Crippen LogP contribution is 2.32. The van der Waals surface area contributed by atoms with E-state index in [1.54, 1.807) is 0 Å². The van der Waals surface area contributed by atoms with Crippen LogP contribution in [0.4, 0.5) is 13.2 Å². The van der Waals surface area contributed by atoms with Gasteiger partial charge in [-0.25, -0.2) is 23.4 Å². The molecule has 0 unspecified atom stereocenters. The maximum Gasteiger partial charge on any atom is 0.434 e. The van der Waals surface area contributed by atoms with Gasteiger partial charge in [0, 0.05) is 23.4 Å². The van der Waals surface area contributed by atoms with Gasteiger partial charge in [-0.3, -0.25) is 0 Å². The van der Waals surface area contributed by atoms with E-state index in [1.165, 1.54) is 13.1 Å². The molecule has 0 atom stereocenters. The molecular weight excluding hydrogens is 315 g/mol. The maximum absolute atomic E-state index is 12.5. The summed E-state index contributed by atoms with van der Waals surface area (Å²) in [6.45, 7) is 1.50. The minimum absolute atomic E-state index is 0.0813. The number of hydrogen-bond acceptors (Lipinski definition) is 6. The summed E-state index contributed by atoms with van der Waals surface area (Å²) in [4.78, 5) is 11.0. The number of halogens is 3. The normalized spacial score (nSPS) is 12.7. The Morgan fingerprint density at radius 3 is 2.40 bits per heavy atom. The molecule has 0 aliphatic carbocycles. The van der Waals surface area contributed by atoms with E-state index in [0.717, 1.165) is 11.6 Å². The molecule has 2 aromatic rings. The highest BCUT2D eigenvalue weighted by Gasteiger charge is 2.34. The lowest BCUT2D eigenvalue weighted by molar-refractivity contribution is -0.140. The van der Waals surface area contributed by atoms with Gasteiger partial charge >= 0.3 is 6.18 Å². The molecule has 0 aliphatic heterocycles. The molecule has 0 radical (unpaired) electrons. The standard InChI is InChI=1S/C10H8F3N3O2S2/c1-5-3-14-7(16-9(5)20(2,17)18)8-15-6(4-19-8)10(11,12)13/h3-4H,1-2H3. The smallest absolute Gasteiger partial charge is 0.234 e. The van der Waals surface area contributed by atoms with Crippen molar-refractivity contribution < 1.29 is 21.6 Å². The molecular formula is C10H8F3N3O2S2. The first-order valence-corrected chi connectivity index (χ1v) is 7.93. The Morgan fingerprint density at radius 2 is 1.90 bits per heavy atom. The molecule has 0 fully saturated rings. The summed E-state index contributed by atoms with van der Waals surface area (Å²) in [5, 5.41) is 0.534. The predicted molar refractivity (Wildman–Crippen MR) is 66.0 cm³/mol. The molecule has 108 valence electrons. The summed E-state index contributed by atoms with van der Waals surface area (Å²) in [6, 6.07) is 0. The molecule has 0 saturated carbocycles. The second kappa shape index (κ2) is 4.77. The fraction of sp³-hybridized carbons (Fsp3) is 0.300. The van der Waals surface area contributed by atoms with Crippen molar-refractivity contribution in [2.75, 3.05) is 6.26 Å². The van der Waals surface area contributed by atoms with Crippen LogP contribution in [0.25, 0.3) is 10.8 Å². The van der Waals surface area contributed by atoms with Gasteiger partial charge in [0.15, 0.2) is 31.4 Å². The topological polar surface area (TPSA) is 72.8 Å². The van der Waals surface area contributed by atoms with Crippen molar-refractivity contribution in [3.8, 4) is 10.8 Å². The van der Waals surface area contributed by atoms with Gasteiger partial charge in [0.2, 0.25) is 0 Å². The van der Waals surface area contributed by atoms with Crippen molar-refractivity contribution in [3.05, 3.63) is 22.8 Å². The highest BCUT2D eigenvalue weighted by molar-refractivity contribution is 7.90. The van der Waals surface area contributed by atoms with Crippen LogP contribution in [0.3, 0.4) is 0 Å². The van der Waals surface area contributed by atoms with Crippen molar-refractivity contribution in [1.29, 1.82) is 0 Å². The average Bonchev–Trinajstić information content (AvgIpc) is 2.77. The highest BCUT2D eigenvalue weighted by atomic mass is 32.2. The van der Waals surface area contributed by atoms with Crippen LogP contribution < -0.4 is 0 Å². The van der Waals surface area contributed by atoms with Gasteiger partial charge in [0.1, 0.15) is 0 Å². The zero-order chi connectivity index (χ0) is 15.1. The first-order valence-electron chi connectivity index (χ1n) is 5.16. The lowest BCUT2D eigenvalue weighted by Crippen LogP contribution is -2.07. The number of aromatic nitrogens is 3. The zero-order valence-corrected chi connectivity index (χ0v) is 11.9. The van der Waals surface area contributed by atoms with Gasteiger partial charge in [0.25, 0.3) is 0 Å². The molecule has 0 saturated heterocycles. The molecule has 0 bridgehead atoms. The number of aryl methyl sites for hydroxylation is 1. The quantitative estimate of drug-likeness (QED) is 0.793. The van der Waals surface area contributed by atoms with Gasteiger partial charge in [-0.05, 0) is 6.92 Å². The van der Waals surface area contributed by atoms with E-state index in [4.69, 9.17) is 0 Å². The molecule has 0 spiro atoms. The average molecular weight is 323 g/mol. The van der Waals surface area contributed by atoms with Crippen molar-refractivity contribution in [2.45, 2.75) is 18.1 Å². The number of sulfone groups is 1. The fourth-order valence-electron chi connectivity index (χ4n) is 1.41. The minimum atomic E-state index is -4.56. The molecule has 0 N–H and O–H groups in total. The fourth-order valence-corrected chi connectivity index (χ4v) is 3.07. The molecule has 0 aromatic carbocycles. The third kappa shape index (κ3) is 2.96. The molecule has 2 aromatic heterocycles. The van der Waals surface area contributed by atoms with Crippen LogP contribution in [-0.4, -0.2) is 29.6 Å². The van der Waals surface area contributed by atoms with Crippen molar-refractivity contribution >= 4 is 21.2 Å². The minimum Gasteiger partial charge on any atom is -0.234 e. The van der Waals surface area contributed by atoms with Crippen LogP contribution in [0, 0.1) is 6.92 Å². The van der Waals surface area contributed by atoms with Crippen LogP contribution in [0.2, 0.25) is 0 Å². The van der Waals surface area contributed by atoms with Gasteiger partial charge in [0.05, 0.1) is 0 Å². The third-order valence-electron chi connectivity index (χ3n) is 2.26. The molecule has 0 aliphatic rings. The van der Waals surface area contributed by atoms with Crippen LogP contribution in [0.1, 0.15) is 11.3 Å².